The van der Waals surface area contributed by atoms with E-state index >= 15 is 0 Å². The predicted octanol–water partition coefficient (Wildman–Crippen LogP) is 3.09. The molecule has 0 unspecified atom stereocenters. The maximum absolute atomic E-state index is 14.1. The number of piperazine rings is 1. The van der Waals surface area contributed by atoms with Gasteiger partial charge in [-0.15, -0.1) is 0 Å². The van der Waals surface area contributed by atoms with E-state index in [1.54, 1.807) is 41.2 Å². The smallest absolute Gasteiger partial charge is 0.238 e. The van der Waals surface area contributed by atoms with Gasteiger partial charge in [-0.05, 0) is 30.8 Å². The van der Waals surface area contributed by atoms with Gasteiger partial charge in [0.25, 0.3) is 0 Å². The number of halogens is 2. The highest BCUT2D eigenvalue weighted by molar-refractivity contribution is 6.31. The molecule has 0 aromatic heterocycles. The summed E-state index contributed by atoms with van der Waals surface area (Å²) in [6.07, 6.45) is 0. The van der Waals surface area contributed by atoms with Crippen molar-refractivity contribution in [2.75, 3.05) is 58.2 Å². The average molecular weight is 477 g/mol. The van der Waals surface area contributed by atoms with Crippen molar-refractivity contribution < 1.29 is 18.7 Å². The Labute approximate surface area is 199 Å². The molecule has 1 N–H and O–H groups in total. The highest BCUT2D eigenvalue weighted by Gasteiger charge is 2.24. The van der Waals surface area contributed by atoms with E-state index < -0.39 is 0 Å². The number of amides is 2. The second kappa shape index (κ2) is 12.0. The van der Waals surface area contributed by atoms with E-state index in [0.29, 0.717) is 61.3 Å². The number of hydrogen-bond donors (Lipinski definition) is 1. The van der Waals surface area contributed by atoms with Gasteiger partial charge in [0, 0.05) is 43.3 Å². The van der Waals surface area contributed by atoms with Crippen molar-refractivity contribution in [1.29, 1.82) is 0 Å². The summed E-state index contributed by atoms with van der Waals surface area (Å²) in [4.78, 5) is 31.0. The average Bonchev–Trinajstić information content (AvgIpc) is 2.81. The fourth-order valence-corrected chi connectivity index (χ4v) is 4.00. The van der Waals surface area contributed by atoms with Gasteiger partial charge in [0.15, 0.2) is 0 Å². The number of rotatable bonds is 9. The van der Waals surface area contributed by atoms with Crippen molar-refractivity contribution in [2.24, 2.45) is 0 Å². The van der Waals surface area contributed by atoms with Crippen molar-refractivity contribution in [1.82, 2.24) is 14.7 Å². The first-order valence-electron chi connectivity index (χ1n) is 11.0. The van der Waals surface area contributed by atoms with Crippen LogP contribution in [0, 0.1) is 5.82 Å². The lowest BCUT2D eigenvalue weighted by Crippen LogP contribution is -2.51. The van der Waals surface area contributed by atoms with Gasteiger partial charge in [0.2, 0.25) is 11.8 Å². The molecule has 1 aliphatic heterocycles. The van der Waals surface area contributed by atoms with E-state index in [1.807, 2.05) is 19.1 Å². The van der Waals surface area contributed by atoms with Gasteiger partial charge in [-0.1, -0.05) is 36.7 Å². The first-order chi connectivity index (χ1) is 15.9. The highest BCUT2D eigenvalue weighted by Crippen LogP contribution is 2.23. The van der Waals surface area contributed by atoms with Gasteiger partial charge < -0.3 is 15.0 Å². The van der Waals surface area contributed by atoms with Gasteiger partial charge in [-0.2, -0.15) is 0 Å². The van der Waals surface area contributed by atoms with Crippen molar-refractivity contribution >= 4 is 29.1 Å². The summed E-state index contributed by atoms with van der Waals surface area (Å²) >= 11 is 6.13. The molecule has 0 aliphatic carbocycles. The Kier molecular flexibility index (Phi) is 9.05. The van der Waals surface area contributed by atoms with Crippen LogP contribution in [0.1, 0.15) is 12.5 Å². The zero-order valence-electron chi connectivity index (χ0n) is 19.0. The third-order valence-electron chi connectivity index (χ3n) is 5.72. The second-order valence-corrected chi connectivity index (χ2v) is 8.32. The Morgan fingerprint density at radius 2 is 1.82 bits per heavy atom. The minimum atomic E-state index is -0.314. The first kappa shape index (κ1) is 25.0. The molecule has 2 aromatic carbocycles. The van der Waals surface area contributed by atoms with E-state index in [2.05, 4.69) is 10.2 Å². The normalized spacial score (nSPS) is 14.4. The Balaban J connectivity index is 1.47. The Morgan fingerprint density at radius 3 is 2.48 bits per heavy atom. The molecule has 2 amide bonds. The number of benzene rings is 2. The predicted molar refractivity (Wildman–Crippen MR) is 127 cm³/mol. The van der Waals surface area contributed by atoms with Crippen molar-refractivity contribution in [3.8, 4) is 5.75 Å². The summed E-state index contributed by atoms with van der Waals surface area (Å²) in [7, 11) is 1.55. The highest BCUT2D eigenvalue weighted by atomic mass is 35.5. The monoisotopic (exact) mass is 476 g/mol. The molecule has 1 heterocycles. The minimum Gasteiger partial charge on any atom is -0.495 e. The van der Waals surface area contributed by atoms with Crippen LogP contribution in [0.3, 0.4) is 0 Å². The zero-order valence-corrected chi connectivity index (χ0v) is 19.8. The van der Waals surface area contributed by atoms with Crippen molar-refractivity contribution in [2.45, 2.75) is 13.5 Å². The van der Waals surface area contributed by atoms with E-state index in [0.717, 1.165) is 0 Å². The van der Waals surface area contributed by atoms with E-state index in [-0.39, 0.29) is 30.7 Å². The summed E-state index contributed by atoms with van der Waals surface area (Å²) in [5.41, 5.74) is 1.08. The third-order valence-corrected chi connectivity index (χ3v) is 6.08. The summed E-state index contributed by atoms with van der Waals surface area (Å²) in [5.74, 6) is 0.0387. The van der Waals surface area contributed by atoms with Crippen LogP contribution in [0.5, 0.6) is 5.75 Å². The SMILES string of the molecule is CCN(CC(=O)Nc1ccccc1OC)CC(=O)N1CCN(Cc2c(F)cccc2Cl)CC1. The zero-order chi connectivity index (χ0) is 23.8. The van der Waals surface area contributed by atoms with Crippen molar-refractivity contribution in [3.63, 3.8) is 0 Å². The number of anilines is 1. The maximum Gasteiger partial charge on any atom is 0.238 e. The van der Waals surface area contributed by atoms with Gasteiger partial charge in [-0.3, -0.25) is 19.4 Å². The lowest BCUT2D eigenvalue weighted by atomic mass is 10.2. The van der Waals surface area contributed by atoms with Crippen molar-refractivity contribution in [3.05, 3.63) is 58.9 Å². The summed E-state index contributed by atoms with van der Waals surface area (Å²) in [5, 5.41) is 3.25. The first-order valence-corrected chi connectivity index (χ1v) is 11.4. The van der Waals surface area contributed by atoms with E-state index in [4.69, 9.17) is 16.3 Å². The molecule has 0 saturated carbocycles. The quantitative estimate of drug-likeness (QED) is 0.602. The molecule has 0 radical (unpaired) electrons. The maximum atomic E-state index is 14.1. The molecular weight excluding hydrogens is 447 g/mol. The minimum absolute atomic E-state index is 0.0227. The molecule has 178 valence electrons. The van der Waals surface area contributed by atoms with E-state index in [9.17, 15) is 14.0 Å². The second-order valence-electron chi connectivity index (χ2n) is 7.91. The molecule has 0 bridgehead atoms. The number of carbonyl (C=O) groups excluding carboxylic acids is 2. The largest absolute Gasteiger partial charge is 0.495 e. The van der Waals surface area contributed by atoms with Crippen LogP contribution < -0.4 is 10.1 Å². The van der Waals surface area contributed by atoms with Crippen LogP contribution in [0.15, 0.2) is 42.5 Å². The van der Waals surface area contributed by atoms with Crippen LogP contribution in [-0.2, 0) is 16.1 Å². The molecule has 9 heteroatoms. The number of carbonyl (C=O) groups is 2. The number of hydrogen-bond acceptors (Lipinski definition) is 5. The number of methoxy groups -OCH3 is 1. The Bertz CT molecular complexity index is 946. The van der Waals surface area contributed by atoms with Crippen LogP contribution in [-0.4, -0.2) is 79.4 Å². The summed E-state index contributed by atoms with van der Waals surface area (Å²) in [6.45, 7) is 5.54. The number of nitrogens with one attached hydrogen (secondary N) is 1. The molecule has 0 spiro atoms. The summed E-state index contributed by atoms with van der Waals surface area (Å²) < 4.78 is 19.3. The number of para-hydroxylation sites is 2. The Hall–Kier alpha value is -2.68. The molecule has 2 aromatic rings. The van der Waals surface area contributed by atoms with Crippen LogP contribution in [0.2, 0.25) is 5.02 Å². The molecule has 33 heavy (non-hydrogen) atoms. The third kappa shape index (κ3) is 6.90. The molecule has 1 saturated heterocycles. The molecule has 0 atom stereocenters. The molecule has 7 nitrogen and oxygen atoms in total. The molecule has 1 aliphatic rings. The molecular formula is C24H30ClFN4O3. The van der Waals surface area contributed by atoms with Crippen LogP contribution in [0.4, 0.5) is 10.1 Å². The number of likely N-dealkylation sites (N-methyl/N-ethyl adjacent to an activating group) is 1. The molecule has 3 rings (SSSR count). The number of ether oxygens (including phenoxy) is 1. The van der Waals surface area contributed by atoms with E-state index in [1.165, 1.54) is 6.07 Å². The van der Waals surface area contributed by atoms with Crippen LogP contribution >= 0.6 is 11.6 Å². The van der Waals surface area contributed by atoms with Gasteiger partial charge in [0.05, 0.1) is 25.9 Å². The lowest BCUT2D eigenvalue weighted by Gasteiger charge is -2.35. The fourth-order valence-electron chi connectivity index (χ4n) is 3.77. The number of nitrogens with zero attached hydrogens (tertiary/aromatic N) is 3. The lowest BCUT2D eigenvalue weighted by molar-refractivity contribution is -0.134. The fraction of sp³-hybridized carbons (Fsp3) is 0.417. The Morgan fingerprint density at radius 1 is 1.09 bits per heavy atom. The molecule has 1 fully saturated rings. The van der Waals surface area contributed by atoms with Gasteiger partial charge in [-0.25, -0.2) is 4.39 Å². The van der Waals surface area contributed by atoms with Gasteiger partial charge >= 0.3 is 0 Å². The van der Waals surface area contributed by atoms with Crippen LogP contribution in [0.25, 0.3) is 0 Å². The standard InChI is InChI=1S/C24H30ClFN4O3/c1-3-28(16-23(31)27-21-9-4-5-10-22(21)33-2)17-24(32)30-13-11-29(12-14-30)15-18-19(25)7-6-8-20(18)26/h4-10H,3,11-17H2,1-2H3,(H,27,31). The summed E-state index contributed by atoms with van der Waals surface area (Å²) in [6, 6.07) is 11.9. The van der Waals surface area contributed by atoms with Gasteiger partial charge in [0.1, 0.15) is 11.6 Å². The topological polar surface area (TPSA) is 65.1 Å².